The zero-order valence-electron chi connectivity index (χ0n) is 29.5. The summed E-state index contributed by atoms with van der Waals surface area (Å²) in [4.78, 5) is 21.9. The van der Waals surface area contributed by atoms with Crippen molar-refractivity contribution in [2.24, 2.45) is 0 Å². The van der Waals surface area contributed by atoms with Crippen LogP contribution in [0, 0.1) is 0 Å². The molecule has 0 aliphatic carbocycles. The third-order valence-corrected chi connectivity index (χ3v) is 10.3. The summed E-state index contributed by atoms with van der Waals surface area (Å²) < 4.78 is 35.3. The molecule has 0 spiro atoms. The molecule has 3 saturated heterocycles. The standard InChI is InChI=1S/C38H41Cl2N7O6/c1-37(2)50-22-32(52-37)20-47-36(48)46(26-42-47)30-6-4-28(5-7-30)44-15-17-45(18-16-44)29-8-10-31(11-9-29)49-21-33-23-51-38(53-33,24-43-14-13-41-25-43)34-12-3-27(39)19-35(34)40/h3-14,19,25-26,32-33H,15-18,20-24H2,1-2H3. The topological polar surface area (TPSA) is 110 Å². The lowest BCUT2D eigenvalue weighted by molar-refractivity contribution is -0.189. The molecule has 15 heteroatoms. The third-order valence-electron chi connectivity index (χ3n) is 9.74. The van der Waals surface area contributed by atoms with E-state index in [1.165, 1.54) is 4.68 Å². The van der Waals surface area contributed by atoms with Crippen LogP contribution >= 0.6 is 23.2 Å². The second kappa shape index (κ2) is 14.8. The molecule has 2 aromatic heterocycles. The molecular formula is C38H41Cl2N7O6. The highest BCUT2D eigenvalue weighted by atomic mass is 35.5. The van der Waals surface area contributed by atoms with E-state index in [-0.39, 0.29) is 17.9 Å². The largest absolute Gasteiger partial charge is 0.491 e. The molecule has 3 aliphatic heterocycles. The lowest BCUT2D eigenvalue weighted by Crippen LogP contribution is -2.46. The third kappa shape index (κ3) is 7.82. The molecule has 0 saturated carbocycles. The van der Waals surface area contributed by atoms with Crippen LogP contribution in [0.15, 0.2) is 96.6 Å². The normalized spacial score (nSPS) is 22.8. The van der Waals surface area contributed by atoms with Gasteiger partial charge in [-0.25, -0.2) is 19.0 Å². The van der Waals surface area contributed by atoms with Gasteiger partial charge in [0.15, 0.2) is 5.79 Å². The molecule has 0 amide bonds. The number of nitrogens with zero attached hydrogens (tertiary/aromatic N) is 7. The first kappa shape index (κ1) is 35.6. The first-order chi connectivity index (χ1) is 25.6. The Labute approximate surface area is 317 Å². The molecule has 5 aromatic rings. The van der Waals surface area contributed by atoms with Crippen LogP contribution in [0.5, 0.6) is 5.75 Å². The predicted molar refractivity (Wildman–Crippen MR) is 200 cm³/mol. The van der Waals surface area contributed by atoms with E-state index in [1.807, 2.05) is 54.9 Å². The minimum Gasteiger partial charge on any atom is -0.491 e. The summed E-state index contributed by atoms with van der Waals surface area (Å²) in [6.45, 7) is 9.01. The quantitative estimate of drug-likeness (QED) is 0.175. The van der Waals surface area contributed by atoms with Gasteiger partial charge in [-0.1, -0.05) is 29.3 Å². The number of benzene rings is 3. The van der Waals surface area contributed by atoms with Crippen LogP contribution in [0.25, 0.3) is 5.69 Å². The fourth-order valence-electron chi connectivity index (χ4n) is 7.05. The van der Waals surface area contributed by atoms with Crippen molar-refractivity contribution in [2.45, 2.75) is 50.7 Å². The van der Waals surface area contributed by atoms with Crippen molar-refractivity contribution in [2.75, 3.05) is 55.8 Å². The Morgan fingerprint density at radius 1 is 0.830 bits per heavy atom. The molecule has 0 bridgehead atoms. The fourth-order valence-corrected chi connectivity index (χ4v) is 7.60. The number of ether oxygens (including phenoxy) is 5. The van der Waals surface area contributed by atoms with Gasteiger partial charge in [-0.15, -0.1) is 0 Å². The first-order valence-electron chi connectivity index (χ1n) is 17.7. The van der Waals surface area contributed by atoms with Crippen molar-refractivity contribution in [1.82, 2.24) is 23.9 Å². The van der Waals surface area contributed by atoms with Crippen LogP contribution in [-0.4, -0.2) is 87.9 Å². The van der Waals surface area contributed by atoms with Crippen LogP contribution in [0.2, 0.25) is 10.0 Å². The van der Waals surface area contributed by atoms with Crippen LogP contribution in [0.1, 0.15) is 19.4 Å². The maximum atomic E-state index is 13.1. The van der Waals surface area contributed by atoms with E-state index < -0.39 is 11.6 Å². The highest BCUT2D eigenvalue weighted by Crippen LogP contribution is 2.40. The van der Waals surface area contributed by atoms with Crippen molar-refractivity contribution in [3.05, 3.63) is 118 Å². The molecule has 5 heterocycles. The van der Waals surface area contributed by atoms with E-state index in [0.717, 1.165) is 49.0 Å². The Balaban J connectivity index is 0.831. The number of hydrogen-bond donors (Lipinski definition) is 0. The average molecular weight is 763 g/mol. The molecule has 278 valence electrons. The summed E-state index contributed by atoms with van der Waals surface area (Å²) in [5, 5.41) is 5.32. The van der Waals surface area contributed by atoms with Gasteiger partial charge in [0, 0.05) is 60.5 Å². The zero-order valence-corrected chi connectivity index (χ0v) is 31.0. The van der Waals surface area contributed by atoms with Gasteiger partial charge in [0.1, 0.15) is 30.9 Å². The summed E-state index contributed by atoms with van der Waals surface area (Å²) in [6, 6.07) is 21.5. The monoisotopic (exact) mass is 761 g/mol. The van der Waals surface area contributed by atoms with Crippen molar-refractivity contribution in [3.8, 4) is 11.4 Å². The summed E-state index contributed by atoms with van der Waals surface area (Å²) in [7, 11) is 0. The highest BCUT2D eigenvalue weighted by Gasteiger charge is 2.45. The maximum absolute atomic E-state index is 13.1. The number of hydrogen-bond acceptors (Lipinski definition) is 10. The van der Waals surface area contributed by atoms with Crippen molar-refractivity contribution < 1.29 is 23.7 Å². The second-order valence-corrected chi connectivity index (χ2v) is 14.7. The van der Waals surface area contributed by atoms with E-state index in [0.29, 0.717) is 48.5 Å². The van der Waals surface area contributed by atoms with Gasteiger partial charge in [0.25, 0.3) is 0 Å². The number of anilines is 2. The highest BCUT2D eigenvalue weighted by molar-refractivity contribution is 6.35. The van der Waals surface area contributed by atoms with Gasteiger partial charge in [0.05, 0.1) is 43.3 Å². The summed E-state index contributed by atoms with van der Waals surface area (Å²) in [5.41, 5.74) is 3.51. The molecule has 0 radical (unpaired) electrons. The van der Waals surface area contributed by atoms with Gasteiger partial charge in [-0.2, -0.15) is 5.10 Å². The van der Waals surface area contributed by atoms with Crippen LogP contribution < -0.4 is 20.2 Å². The molecule has 0 N–H and O–H groups in total. The average Bonchev–Trinajstić information content (AvgIpc) is 3.97. The van der Waals surface area contributed by atoms with Gasteiger partial charge >= 0.3 is 5.69 Å². The molecule has 8 rings (SSSR count). The van der Waals surface area contributed by atoms with Gasteiger partial charge in [-0.3, -0.25) is 0 Å². The van der Waals surface area contributed by atoms with E-state index >= 15 is 0 Å². The number of aromatic nitrogens is 5. The Kier molecular flexibility index (Phi) is 9.96. The smallest absolute Gasteiger partial charge is 0.350 e. The number of imidazole rings is 1. The lowest BCUT2D eigenvalue weighted by Gasteiger charge is -2.37. The minimum absolute atomic E-state index is 0.208. The maximum Gasteiger partial charge on any atom is 0.350 e. The molecule has 13 nitrogen and oxygen atoms in total. The van der Waals surface area contributed by atoms with Gasteiger partial charge < -0.3 is 38.1 Å². The Bertz CT molecular complexity index is 2060. The number of piperazine rings is 1. The summed E-state index contributed by atoms with van der Waals surface area (Å²) in [5.74, 6) is -0.997. The lowest BCUT2D eigenvalue weighted by atomic mass is 10.1. The van der Waals surface area contributed by atoms with Gasteiger partial charge in [0.2, 0.25) is 5.79 Å². The van der Waals surface area contributed by atoms with Crippen molar-refractivity contribution >= 4 is 34.6 Å². The predicted octanol–water partition coefficient (Wildman–Crippen LogP) is 5.36. The molecule has 3 unspecified atom stereocenters. The van der Waals surface area contributed by atoms with Crippen molar-refractivity contribution in [3.63, 3.8) is 0 Å². The SMILES string of the molecule is CC1(C)OCC(Cn2ncn(-c3ccc(N4CCN(c5ccc(OCC6COC(Cn7ccnc7)(c7ccc(Cl)cc7Cl)O6)cc5)CC4)cc3)c2=O)O1. The second-order valence-electron chi connectivity index (χ2n) is 13.9. The van der Waals surface area contributed by atoms with Crippen LogP contribution in [0.3, 0.4) is 0 Å². The number of halogens is 2. The molecule has 3 aliphatic rings. The number of rotatable bonds is 11. The Morgan fingerprint density at radius 3 is 2.15 bits per heavy atom. The first-order valence-corrected chi connectivity index (χ1v) is 18.4. The zero-order chi connectivity index (χ0) is 36.6. The molecule has 3 fully saturated rings. The van der Waals surface area contributed by atoms with Crippen LogP contribution in [0.4, 0.5) is 11.4 Å². The van der Waals surface area contributed by atoms with Crippen LogP contribution in [-0.2, 0) is 37.8 Å². The Hall–Kier alpha value is -4.37. The van der Waals surface area contributed by atoms with E-state index in [2.05, 4.69) is 44.1 Å². The van der Waals surface area contributed by atoms with E-state index in [1.54, 1.807) is 35.6 Å². The molecular weight excluding hydrogens is 721 g/mol. The van der Waals surface area contributed by atoms with Crippen molar-refractivity contribution in [1.29, 1.82) is 0 Å². The minimum atomic E-state index is -1.10. The van der Waals surface area contributed by atoms with Gasteiger partial charge in [-0.05, 0) is 74.5 Å². The summed E-state index contributed by atoms with van der Waals surface area (Å²) in [6.07, 6.45) is 6.31. The molecule has 3 atom stereocenters. The molecule has 3 aromatic carbocycles. The summed E-state index contributed by atoms with van der Waals surface area (Å²) >= 11 is 12.8. The molecule has 53 heavy (non-hydrogen) atoms. The fraction of sp³-hybridized carbons (Fsp3) is 0.395. The Morgan fingerprint density at radius 2 is 1.51 bits per heavy atom. The van der Waals surface area contributed by atoms with E-state index in [9.17, 15) is 4.79 Å². The van der Waals surface area contributed by atoms with E-state index in [4.69, 9.17) is 46.9 Å².